The summed E-state index contributed by atoms with van der Waals surface area (Å²) in [5, 5.41) is 1.94. The average Bonchev–Trinajstić information content (AvgIpc) is 2.57. The number of hydrogen-bond acceptors (Lipinski definition) is 3. The van der Waals surface area contributed by atoms with Crippen molar-refractivity contribution >= 4 is 6.09 Å². The third kappa shape index (κ3) is 7.86. The summed E-state index contributed by atoms with van der Waals surface area (Å²) >= 11 is 0. The van der Waals surface area contributed by atoms with E-state index in [9.17, 15) is 4.79 Å². The van der Waals surface area contributed by atoms with Crippen LogP contribution in [-0.2, 0) is 17.6 Å². The maximum absolute atomic E-state index is 12.1. The molecule has 0 spiro atoms. The number of rotatable bonds is 7. The molecular formula is C21H28N2O2. The quantitative estimate of drug-likeness (QED) is 0.768. The van der Waals surface area contributed by atoms with Crippen molar-refractivity contribution in [3.63, 3.8) is 0 Å². The molecular weight excluding hydrogens is 312 g/mol. The molecule has 0 saturated heterocycles. The summed E-state index contributed by atoms with van der Waals surface area (Å²) in [6.07, 6.45) is 1.32. The zero-order chi connectivity index (χ0) is 18.1. The molecule has 1 amide bonds. The summed E-state index contributed by atoms with van der Waals surface area (Å²) in [5.74, 6) is 0. The molecule has 25 heavy (non-hydrogen) atoms. The number of nitrogens with zero attached hydrogens (tertiary/aromatic N) is 1. The highest BCUT2D eigenvalue weighted by Gasteiger charge is 2.18. The molecule has 4 nitrogen and oxygen atoms in total. The number of nitrogens with one attached hydrogen (secondary N) is 1. The Balaban J connectivity index is 1.93. The number of ether oxygens (including phenoxy) is 1. The van der Waals surface area contributed by atoms with Crippen LogP contribution >= 0.6 is 0 Å². The molecule has 0 aliphatic rings. The lowest BCUT2D eigenvalue weighted by Crippen LogP contribution is -2.46. The van der Waals surface area contributed by atoms with Crippen LogP contribution in [0.2, 0.25) is 0 Å². The van der Waals surface area contributed by atoms with Gasteiger partial charge in [0.15, 0.2) is 0 Å². The van der Waals surface area contributed by atoms with Crippen LogP contribution in [0.4, 0.5) is 4.79 Å². The zero-order valence-electron chi connectivity index (χ0n) is 15.4. The number of benzene rings is 2. The first kappa shape index (κ1) is 19.0. The topological polar surface area (TPSA) is 41.6 Å². The van der Waals surface area contributed by atoms with E-state index < -0.39 is 11.7 Å². The van der Waals surface area contributed by atoms with Gasteiger partial charge in [-0.3, -0.25) is 5.43 Å². The van der Waals surface area contributed by atoms with E-state index in [4.69, 9.17) is 4.74 Å². The maximum Gasteiger partial charge on any atom is 0.422 e. The molecule has 0 radical (unpaired) electrons. The van der Waals surface area contributed by atoms with Gasteiger partial charge in [0, 0.05) is 13.1 Å². The molecule has 0 saturated carbocycles. The summed E-state index contributed by atoms with van der Waals surface area (Å²) in [6, 6.07) is 20.5. The minimum absolute atomic E-state index is 0.409. The summed E-state index contributed by atoms with van der Waals surface area (Å²) in [5.41, 5.74) is 4.88. The van der Waals surface area contributed by atoms with Crippen LogP contribution in [0, 0.1) is 0 Å². The molecule has 0 fully saturated rings. The summed E-state index contributed by atoms with van der Waals surface area (Å²) < 4.78 is 5.38. The van der Waals surface area contributed by atoms with Gasteiger partial charge in [-0.25, -0.2) is 9.80 Å². The van der Waals surface area contributed by atoms with Crippen molar-refractivity contribution in [1.29, 1.82) is 0 Å². The molecule has 134 valence electrons. The highest BCUT2D eigenvalue weighted by atomic mass is 16.6. The van der Waals surface area contributed by atoms with Crippen LogP contribution in [0.25, 0.3) is 0 Å². The second-order valence-electron chi connectivity index (χ2n) is 7.07. The predicted octanol–water partition coefficient (Wildman–Crippen LogP) is 4.21. The smallest absolute Gasteiger partial charge is 0.422 e. The van der Waals surface area contributed by atoms with Gasteiger partial charge in [-0.1, -0.05) is 60.7 Å². The molecule has 0 atom stereocenters. The van der Waals surface area contributed by atoms with Gasteiger partial charge in [-0.05, 0) is 44.7 Å². The van der Waals surface area contributed by atoms with Crippen LogP contribution in [0.5, 0.6) is 0 Å². The minimum Gasteiger partial charge on any atom is -0.443 e. The predicted molar refractivity (Wildman–Crippen MR) is 101 cm³/mol. The fraction of sp³-hybridized carbons (Fsp3) is 0.381. The molecule has 0 aliphatic carbocycles. The van der Waals surface area contributed by atoms with Gasteiger partial charge in [0.1, 0.15) is 5.60 Å². The van der Waals surface area contributed by atoms with Crippen LogP contribution in [-0.4, -0.2) is 29.8 Å². The Morgan fingerprint density at radius 3 is 1.72 bits per heavy atom. The molecule has 2 aromatic carbocycles. The monoisotopic (exact) mass is 340 g/mol. The molecule has 1 N–H and O–H groups in total. The maximum atomic E-state index is 12.1. The number of hydrogen-bond donors (Lipinski definition) is 1. The number of amides is 1. The van der Waals surface area contributed by atoms with Crippen molar-refractivity contribution in [1.82, 2.24) is 10.4 Å². The molecule has 2 rings (SSSR count). The first-order valence-electron chi connectivity index (χ1n) is 8.75. The highest BCUT2D eigenvalue weighted by Crippen LogP contribution is 2.08. The highest BCUT2D eigenvalue weighted by molar-refractivity contribution is 5.67. The third-order valence-electron chi connectivity index (χ3n) is 3.67. The standard InChI is InChI=1S/C21H28N2O2/c1-21(2,3)25-20(24)22-23(16-14-18-10-6-4-7-11-18)17-15-19-12-8-5-9-13-19/h4-13H,14-17H2,1-3H3,(H,22,24). The Morgan fingerprint density at radius 2 is 1.32 bits per heavy atom. The van der Waals surface area contributed by atoms with E-state index in [-0.39, 0.29) is 0 Å². The minimum atomic E-state index is -0.505. The van der Waals surface area contributed by atoms with Gasteiger partial charge in [0.2, 0.25) is 0 Å². The molecule has 0 heterocycles. The van der Waals surface area contributed by atoms with Crippen LogP contribution in [0.3, 0.4) is 0 Å². The Bertz CT molecular complexity index is 592. The van der Waals surface area contributed by atoms with Gasteiger partial charge >= 0.3 is 6.09 Å². The lowest BCUT2D eigenvalue weighted by atomic mass is 10.1. The van der Waals surface area contributed by atoms with Gasteiger partial charge in [-0.15, -0.1) is 0 Å². The van der Waals surface area contributed by atoms with E-state index in [1.807, 2.05) is 62.2 Å². The molecule has 2 aromatic rings. The third-order valence-corrected chi connectivity index (χ3v) is 3.67. The van der Waals surface area contributed by atoms with Gasteiger partial charge < -0.3 is 4.74 Å². The number of hydrazine groups is 1. The Hall–Kier alpha value is -2.33. The van der Waals surface area contributed by atoms with Crippen LogP contribution in [0.1, 0.15) is 31.9 Å². The SMILES string of the molecule is CC(C)(C)OC(=O)NN(CCc1ccccc1)CCc1ccccc1. The molecule has 0 aromatic heterocycles. The van der Waals surface area contributed by atoms with Crippen molar-refractivity contribution in [3.05, 3.63) is 71.8 Å². The fourth-order valence-electron chi connectivity index (χ4n) is 2.47. The van der Waals surface area contributed by atoms with Crippen molar-refractivity contribution in [2.24, 2.45) is 0 Å². The van der Waals surface area contributed by atoms with Gasteiger partial charge in [0.25, 0.3) is 0 Å². The van der Waals surface area contributed by atoms with E-state index in [1.54, 1.807) is 0 Å². The van der Waals surface area contributed by atoms with Crippen LogP contribution in [0.15, 0.2) is 60.7 Å². The molecule has 0 bridgehead atoms. The van der Waals surface area contributed by atoms with E-state index in [0.717, 1.165) is 25.9 Å². The lowest BCUT2D eigenvalue weighted by molar-refractivity contribution is 0.0332. The van der Waals surface area contributed by atoms with Crippen molar-refractivity contribution in [3.8, 4) is 0 Å². The normalized spacial score (nSPS) is 11.4. The Labute approximate surface area is 150 Å². The zero-order valence-corrected chi connectivity index (χ0v) is 15.4. The second-order valence-corrected chi connectivity index (χ2v) is 7.07. The fourth-order valence-corrected chi connectivity index (χ4v) is 2.47. The van der Waals surface area contributed by atoms with Crippen LogP contribution < -0.4 is 5.43 Å². The van der Waals surface area contributed by atoms with E-state index >= 15 is 0 Å². The van der Waals surface area contributed by atoms with Crippen molar-refractivity contribution in [2.45, 2.75) is 39.2 Å². The van der Waals surface area contributed by atoms with Gasteiger partial charge in [-0.2, -0.15) is 0 Å². The van der Waals surface area contributed by atoms with E-state index in [2.05, 4.69) is 29.7 Å². The molecule has 0 aliphatic heterocycles. The Morgan fingerprint density at radius 1 is 0.880 bits per heavy atom. The summed E-state index contributed by atoms with van der Waals surface area (Å²) in [6.45, 7) is 7.06. The van der Waals surface area contributed by atoms with E-state index in [0.29, 0.717) is 0 Å². The largest absolute Gasteiger partial charge is 0.443 e. The summed E-state index contributed by atoms with van der Waals surface area (Å²) in [7, 11) is 0. The number of carbonyl (C=O) groups excluding carboxylic acids is 1. The molecule has 4 heteroatoms. The number of carbonyl (C=O) groups is 1. The second kappa shape index (κ2) is 9.23. The lowest BCUT2D eigenvalue weighted by Gasteiger charge is -2.26. The first-order valence-corrected chi connectivity index (χ1v) is 8.75. The summed E-state index contributed by atoms with van der Waals surface area (Å²) in [4.78, 5) is 12.1. The van der Waals surface area contributed by atoms with Crippen molar-refractivity contribution < 1.29 is 9.53 Å². The first-order chi connectivity index (χ1) is 11.9. The van der Waals surface area contributed by atoms with Crippen molar-refractivity contribution in [2.75, 3.05) is 13.1 Å². The average molecular weight is 340 g/mol. The van der Waals surface area contributed by atoms with Gasteiger partial charge in [0.05, 0.1) is 0 Å². The Kier molecular flexibility index (Phi) is 7.02. The molecule has 0 unspecified atom stereocenters. The van der Waals surface area contributed by atoms with E-state index in [1.165, 1.54) is 11.1 Å².